The van der Waals surface area contributed by atoms with E-state index in [4.69, 9.17) is 0 Å². The first-order chi connectivity index (χ1) is 4.24. The molecule has 0 saturated carbocycles. The topological polar surface area (TPSA) is 0 Å². The summed E-state index contributed by atoms with van der Waals surface area (Å²) in [5, 5.41) is 0. The Balaban J connectivity index is 3.82. The molecule has 0 N–H and O–H groups in total. The van der Waals surface area contributed by atoms with Crippen LogP contribution in [0.25, 0.3) is 0 Å². The molecule has 0 aromatic carbocycles. The van der Waals surface area contributed by atoms with Gasteiger partial charge in [-0.1, -0.05) is 0 Å². The molecular formula is C5H12S4. The molecular weight excluding hydrogens is 188 g/mol. The second kappa shape index (κ2) is 5.10. The number of thiol groups is 4. The zero-order chi connectivity index (χ0) is 7.33. The van der Waals surface area contributed by atoms with Crippen molar-refractivity contribution in [2.24, 2.45) is 5.41 Å². The van der Waals surface area contributed by atoms with Crippen molar-refractivity contribution in [2.45, 2.75) is 0 Å². The number of rotatable bonds is 4. The van der Waals surface area contributed by atoms with E-state index >= 15 is 0 Å². The van der Waals surface area contributed by atoms with Crippen molar-refractivity contribution in [3.05, 3.63) is 0 Å². The number of hydrogen-bond acceptors (Lipinski definition) is 4. The second-order valence-electron chi connectivity index (χ2n) is 2.13. The summed E-state index contributed by atoms with van der Waals surface area (Å²) in [6, 6.07) is 0. The van der Waals surface area contributed by atoms with Crippen LogP contribution in [-0.2, 0) is 0 Å². The zero-order valence-corrected chi connectivity index (χ0v) is 8.69. The minimum absolute atomic E-state index is 0.123. The summed E-state index contributed by atoms with van der Waals surface area (Å²) in [5.41, 5.74) is 0.123. The third-order valence-corrected chi connectivity index (χ3v) is 4.02. The van der Waals surface area contributed by atoms with Gasteiger partial charge in [-0.3, -0.25) is 0 Å². The molecule has 4 heteroatoms. The Labute approximate surface area is 78.8 Å². The summed E-state index contributed by atoms with van der Waals surface area (Å²) < 4.78 is 0. The van der Waals surface area contributed by atoms with Gasteiger partial charge in [0.15, 0.2) is 0 Å². The van der Waals surface area contributed by atoms with Crippen LogP contribution in [0.1, 0.15) is 0 Å². The summed E-state index contributed by atoms with van der Waals surface area (Å²) >= 11 is 16.8. The molecule has 0 bridgehead atoms. The summed E-state index contributed by atoms with van der Waals surface area (Å²) in [4.78, 5) is 0. The van der Waals surface area contributed by atoms with E-state index in [1.165, 1.54) is 0 Å². The van der Waals surface area contributed by atoms with Crippen molar-refractivity contribution in [2.75, 3.05) is 23.0 Å². The smallest absolute Gasteiger partial charge is 0.00550 e. The molecule has 0 unspecified atom stereocenters. The van der Waals surface area contributed by atoms with E-state index in [2.05, 4.69) is 50.5 Å². The highest BCUT2D eigenvalue weighted by atomic mass is 32.1. The van der Waals surface area contributed by atoms with E-state index in [-0.39, 0.29) is 5.41 Å². The predicted octanol–water partition coefficient (Wildman–Crippen LogP) is 1.69. The second-order valence-corrected chi connectivity index (χ2v) is 3.40. The average Bonchev–Trinajstić information content (AvgIpc) is 1.95. The molecule has 0 aromatic rings. The fourth-order valence-corrected chi connectivity index (χ4v) is 2.70. The van der Waals surface area contributed by atoms with Gasteiger partial charge in [0.05, 0.1) is 0 Å². The van der Waals surface area contributed by atoms with Crippen LogP contribution in [0.4, 0.5) is 0 Å². The molecule has 0 saturated heterocycles. The Morgan fingerprint density at radius 3 is 0.889 bits per heavy atom. The summed E-state index contributed by atoms with van der Waals surface area (Å²) in [6.45, 7) is 0. The van der Waals surface area contributed by atoms with Crippen molar-refractivity contribution in [1.29, 1.82) is 0 Å². The highest BCUT2D eigenvalue weighted by Gasteiger charge is 2.22. The van der Waals surface area contributed by atoms with Crippen LogP contribution >= 0.6 is 50.5 Å². The van der Waals surface area contributed by atoms with Crippen LogP contribution < -0.4 is 0 Å². The first kappa shape index (κ1) is 10.4. The highest BCUT2D eigenvalue weighted by molar-refractivity contribution is 7.83. The van der Waals surface area contributed by atoms with Gasteiger partial charge >= 0.3 is 0 Å². The van der Waals surface area contributed by atoms with Crippen LogP contribution in [0.2, 0.25) is 0 Å². The fourth-order valence-electron chi connectivity index (χ4n) is 0.300. The van der Waals surface area contributed by atoms with Crippen LogP contribution in [0, 0.1) is 5.41 Å². The maximum atomic E-state index is 4.19. The predicted molar refractivity (Wildman–Crippen MR) is 57.8 cm³/mol. The summed E-state index contributed by atoms with van der Waals surface area (Å²) in [7, 11) is 0. The Kier molecular flexibility index (Phi) is 5.90. The summed E-state index contributed by atoms with van der Waals surface area (Å²) in [6.07, 6.45) is 0. The standard InChI is InChI=1S/C5H12S4/c6-1-5(2-7,3-8)4-9/h6-9H,1-4H2. The van der Waals surface area contributed by atoms with Crippen molar-refractivity contribution in [1.82, 2.24) is 0 Å². The molecule has 0 aromatic heterocycles. The Bertz CT molecular complexity index is 51.8. The van der Waals surface area contributed by atoms with Crippen LogP contribution in [0.3, 0.4) is 0 Å². The molecule has 0 aliphatic heterocycles. The van der Waals surface area contributed by atoms with Gasteiger partial charge in [-0.2, -0.15) is 50.5 Å². The molecule has 0 heterocycles. The van der Waals surface area contributed by atoms with Gasteiger partial charge in [-0.05, 0) is 23.0 Å². The largest absolute Gasteiger partial charge is 0.179 e. The van der Waals surface area contributed by atoms with E-state index in [1.54, 1.807) is 0 Å². The molecule has 0 fully saturated rings. The van der Waals surface area contributed by atoms with E-state index < -0.39 is 0 Å². The van der Waals surface area contributed by atoms with Crippen molar-refractivity contribution in [3.8, 4) is 0 Å². The highest BCUT2D eigenvalue weighted by Crippen LogP contribution is 2.23. The van der Waals surface area contributed by atoms with Gasteiger partial charge in [0.25, 0.3) is 0 Å². The van der Waals surface area contributed by atoms with Crippen molar-refractivity contribution >= 4 is 50.5 Å². The third-order valence-electron chi connectivity index (χ3n) is 1.34. The van der Waals surface area contributed by atoms with E-state index in [1.807, 2.05) is 0 Å². The van der Waals surface area contributed by atoms with Crippen LogP contribution in [-0.4, -0.2) is 23.0 Å². The molecule has 0 amide bonds. The van der Waals surface area contributed by atoms with E-state index in [9.17, 15) is 0 Å². The lowest BCUT2D eigenvalue weighted by Gasteiger charge is -2.25. The molecule has 56 valence electrons. The first-order valence-electron chi connectivity index (χ1n) is 2.68. The normalized spacial score (nSPS) is 12.0. The monoisotopic (exact) mass is 200 g/mol. The molecule has 0 atom stereocenters. The molecule has 0 spiro atoms. The van der Waals surface area contributed by atoms with Crippen molar-refractivity contribution < 1.29 is 0 Å². The van der Waals surface area contributed by atoms with Gasteiger partial charge in [-0.25, -0.2) is 0 Å². The Morgan fingerprint density at radius 1 is 0.667 bits per heavy atom. The SMILES string of the molecule is SCC(CS)(CS)CS. The minimum atomic E-state index is 0.123. The molecule has 0 aliphatic carbocycles. The molecule has 0 aliphatic rings. The van der Waals surface area contributed by atoms with E-state index in [0.717, 1.165) is 23.0 Å². The lowest BCUT2D eigenvalue weighted by atomic mass is 9.99. The average molecular weight is 200 g/mol. The molecule has 9 heavy (non-hydrogen) atoms. The quantitative estimate of drug-likeness (QED) is 0.488. The van der Waals surface area contributed by atoms with Gasteiger partial charge in [-0.15, -0.1) is 0 Å². The fraction of sp³-hybridized carbons (Fsp3) is 1.00. The molecule has 0 radical (unpaired) electrons. The zero-order valence-electron chi connectivity index (χ0n) is 5.12. The first-order valence-corrected chi connectivity index (χ1v) is 5.21. The van der Waals surface area contributed by atoms with Gasteiger partial charge in [0.1, 0.15) is 0 Å². The van der Waals surface area contributed by atoms with Gasteiger partial charge in [0.2, 0.25) is 0 Å². The Hall–Kier alpha value is 1.40. The molecule has 0 nitrogen and oxygen atoms in total. The maximum absolute atomic E-state index is 4.19. The molecule has 0 rings (SSSR count). The lowest BCUT2D eigenvalue weighted by molar-refractivity contribution is 0.522. The van der Waals surface area contributed by atoms with Gasteiger partial charge < -0.3 is 0 Å². The summed E-state index contributed by atoms with van der Waals surface area (Å²) in [5.74, 6) is 3.24. The minimum Gasteiger partial charge on any atom is -0.179 e. The van der Waals surface area contributed by atoms with E-state index in [0.29, 0.717) is 0 Å². The van der Waals surface area contributed by atoms with Crippen LogP contribution in [0.5, 0.6) is 0 Å². The lowest BCUT2D eigenvalue weighted by Crippen LogP contribution is -2.29. The maximum Gasteiger partial charge on any atom is 0.00550 e. The number of hydrogen-bond donors (Lipinski definition) is 4. The van der Waals surface area contributed by atoms with Gasteiger partial charge in [0, 0.05) is 5.41 Å². The van der Waals surface area contributed by atoms with Crippen molar-refractivity contribution in [3.63, 3.8) is 0 Å². The third kappa shape index (κ3) is 2.87. The van der Waals surface area contributed by atoms with Crippen LogP contribution in [0.15, 0.2) is 0 Å². The Morgan fingerprint density at radius 2 is 0.889 bits per heavy atom.